The molecular formula is C26H29ClN2O5S. The normalized spacial score (nSPS) is 12.0. The molecule has 0 aliphatic heterocycles. The van der Waals surface area contributed by atoms with Crippen LogP contribution in [-0.2, 0) is 14.8 Å². The van der Waals surface area contributed by atoms with Gasteiger partial charge >= 0.3 is 0 Å². The molecule has 1 unspecified atom stereocenters. The first kappa shape index (κ1) is 26.4. The molecule has 1 amide bonds. The number of aryl methyl sites for hydroxylation is 2. The largest absolute Gasteiger partial charge is 0.495 e. The topological polar surface area (TPSA) is 84.9 Å². The van der Waals surface area contributed by atoms with Crippen molar-refractivity contribution in [3.05, 3.63) is 82.9 Å². The summed E-state index contributed by atoms with van der Waals surface area (Å²) in [5.74, 6) is 0.459. The van der Waals surface area contributed by atoms with Gasteiger partial charge in [0.25, 0.3) is 10.0 Å². The van der Waals surface area contributed by atoms with E-state index in [1.807, 2.05) is 38.1 Å². The molecule has 3 rings (SSSR count). The molecule has 0 fully saturated rings. The van der Waals surface area contributed by atoms with Crippen LogP contribution >= 0.6 is 11.6 Å². The number of hydrogen-bond acceptors (Lipinski definition) is 5. The van der Waals surface area contributed by atoms with Gasteiger partial charge in [-0.1, -0.05) is 47.0 Å². The van der Waals surface area contributed by atoms with E-state index in [9.17, 15) is 13.2 Å². The highest BCUT2D eigenvalue weighted by molar-refractivity contribution is 7.92. The maximum Gasteiger partial charge on any atom is 0.264 e. The Bertz CT molecular complexity index is 1260. The average molecular weight is 517 g/mol. The van der Waals surface area contributed by atoms with Gasteiger partial charge < -0.3 is 14.8 Å². The van der Waals surface area contributed by atoms with Crippen LogP contribution in [0.2, 0.25) is 5.02 Å². The molecule has 186 valence electrons. The number of nitrogens with one attached hydrogen (secondary N) is 1. The molecule has 7 nitrogen and oxygen atoms in total. The molecule has 0 spiro atoms. The predicted molar refractivity (Wildman–Crippen MR) is 138 cm³/mol. The Hall–Kier alpha value is -3.23. The van der Waals surface area contributed by atoms with E-state index in [2.05, 4.69) is 5.32 Å². The number of benzene rings is 3. The van der Waals surface area contributed by atoms with Crippen molar-refractivity contribution < 1.29 is 22.7 Å². The number of carbonyl (C=O) groups is 1. The van der Waals surface area contributed by atoms with Gasteiger partial charge in [0, 0.05) is 5.02 Å². The summed E-state index contributed by atoms with van der Waals surface area (Å²) in [7, 11) is -2.68. The van der Waals surface area contributed by atoms with Crippen LogP contribution in [-0.4, -0.2) is 40.6 Å². The lowest BCUT2D eigenvalue weighted by Crippen LogP contribution is -2.45. The third kappa shape index (κ3) is 6.90. The monoisotopic (exact) mass is 516 g/mol. The Morgan fingerprint density at radius 1 is 1.00 bits per heavy atom. The van der Waals surface area contributed by atoms with Gasteiger partial charge in [0.05, 0.1) is 23.7 Å². The van der Waals surface area contributed by atoms with Gasteiger partial charge in [-0.3, -0.25) is 9.10 Å². The summed E-state index contributed by atoms with van der Waals surface area (Å²) in [5, 5.41) is 3.11. The van der Waals surface area contributed by atoms with Crippen LogP contribution in [0.5, 0.6) is 11.5 Å². The second-order valence-corrected chi connectivity index (χ2v) is 10.5. The first-order valence-corrected chi connectivity index (χ1v) is 12.8. The lowest BCUT2D eigenvalue weighted by atomic mass is 10.2. The Morgan fingerprint density at radius 3 is 2.20 bits per heavy atom. The summed E-state index contributed by atoms with van der Waals surface area (Å²) in [6.45, 7) is 5.38. The smallest absolute Gasteiger partial charge is 0.264 e. The average Bonchev–Trinajstić information content (AvgIpc) is 2.82. The van der Waals surface area contributed by atoms with Crippen LogP contribution in [0, 0.1) is 13.8 Å². The minimum atomic E-state index is -4.11. The van der Waals surface area contributed by atoms with Gasteiger partial charge in [0.15, 0.2) is 0 Å². The highest BCUT2D eigenvalue weighted by Gasteiger charge is 2.30. The predicted octanol–water partition coefficient (Wildman–Crippen LogP) is 4.74. The van der Waals surface area contributed by atoms with Gasteiger partial charge in [-0.25, -0.2) is 8.42 Å². The first-order valence-electron chi connectivity index (χ1n) is 11.0. The molecular weight excluding hydrogens is 488 g/mol. The van der Waals surface area contributed by atoms with Gasteiger partial charge in [-0.05, 0) is 63.2 Å². The molecule has 1 atom stereocenters. The second kappa shape index (κ2) is 11.5. The molecule has 0 bridgehead atoms. The number of sulfonamides is 1. The molecule has 0 radical (unpaired) electrons. The molecule has 0 heterocycles. The molecule has 0 saturated heterocycles. The number of amides is 1. The van der Waals surface area contributed by atoms with Crippen LogP contribution in [0.1, 0.15) is 18.1 Å². The summed E-state index contributed by atoms with van der Waals surface area (Å²) in [6, 6.07) is 18.2. The van der Waals surface area contributed by atoms with Crippen molar-refractivity contribution in [2.24, 2.45) is 0 Å². The van der Waals surface area contributed by atoms with Crippen molar-refractivity contribution in [1.29, 1.82) is 0 Å². The minimum absolute atomic E-state index is 0.0497. The van der Waals surface area contributed by atoms with Crippen molar-refractivity contribution in [2.45, 2.75) is 31.7 Å². The second-order valence-electron chi connectivity index (χ2n) is 8.23. The zero-order valence-electron chi connectivity index (χ0n) is 20.1. The van der Waals surface area contributed by atoms with Gasteiger partial charge in [0.1, 0.15) is 24.7 Å². The summed E-state index contributed by atoms with van der Waals surface area (Å²) in [6.07, 6.45) is 0. The fourth-order valence-corrected chi connectivity index (χ4v) is 4.93. The fourth-order valence-electron chi connectivity index (χ4n) is 3.34. The van der Waals surface area contributed by atoms with Crippen LogP contribution in [0.3, 0.4) is 0 Å². The minimum Gasteiger partial charge on any atom is -0.495 e. The van der Waals surface area contributed by atoms with E-state index in [4.69, 9.17) is 21.1 Å². The lowest BCUT2D eigenvalue weighted by molar-refractivity contribution is -0.120. The van der Waals surface area contributed by atoms with Crippen LogP contribution < -0.4 is 19.1 Å². The highest BCUT2D eigenvalue weighted by Crippen LogP contribution is 2.34. The van der Waals surface area contributed by atoms with Crippen molar-refractivity contribution in [1.82, 2.24) is 5.32 Å². The number of rotatable bonds is 10. The van der Waals surface area contributed by atoms with E-state index in [0.717, 1.165) is 15.4 Å². The number of halogens is 1. The van der Waals surface area contributed by atoms with E-state index >= 15 is 0 Å². The van der Waals surface area contributed by atoms with E-state index in [-0.39, 0.29) is 29.0 Å². The van der Waals surface area contributed by atoms with E-state index in [0.29, 0.717) is 10.8 Å². The van der Waals surface area contributed by atoms with Gasteiger partial charge in [0.2, 0.25) is 5.91 Å². The molecule has 1 N–H and O–H groups in total. The number of ether oxygens (including phenoxy) is 2. The lowest BCUT2D eigenvalue weighted by Gasteiger charge is -2.26. The Balaban J connectivity index is 1.82. The third-order valence-corrected chi connectivity index (χ3v) is 7.24. The molecule has 9 heteroatoms. The van der Waals surface area contributed by atoms with Gasteiger partial charge in [-0.2, -0.15) is 0 Å². The van der Waals surface area contributed by atoms with Crippen LogP contribution in [0.25, 0.3) is 0 Å². The number of methoxy groups -OCH3 is 1. The van der Waals surface area contributed by atoms with Crippen molar-refractivity contribution >= 4 is 33.2 Å². The first-order chi connectivity index (χ1) is 16.6. The maximum absolute atomic E-state index is 13.6. The van der Waals surface area contributed by atoms with Crippen molar-refractivity contribution in [3.63, 3.8) is 0 Å². The summed E-state index contributed by atoms with van der Waals surface area (Å²) in [5.41, 5.74) is 2.19. The molecule has 0 aliphatic carbocycles. The number of hydrogen-bond donors (Lipinski definition) is 1. The Kier molecular flexibility index (Phi) is 8.64. The van der Waals surface area contributed by atoms with Crippen molar-refractivity contribution in [3.8, 4) is 11.5 Å². The number of anilines is 1. The number of nitrogens with zero attached hydrogens (tertiary/aromatic N) is 1. The molecule has 3 aromatic carbocycles. The summed E-state index contributed by atoms with van der Waals surface area (Å²) in [4.78, 5) is 13.0. The third-order valence-electron chi connectivity index (χ3n) is 5.23. The molecule has 0 aliphatic rings. The molecule has 0 aromatic heterocycles. The zero-order valence-corrected chi connectivity index (χ0v) is 21.7. The van der Waals surface area contributed by atoms with Crippen LogP contribution in [0.15, 0.2) is 71.6 Å². The highest BCUT2D eigenvalue weighted by atomic mass is 35.5. The Morgan fingerprint density at radius 2 is 1.60 bits per heavy atom. The van der Waals surface area contributed by atoms with E-state index in [1.54, 1.807) is 31.2 Å². The standard InChI is InChI=1S/C26H29ClN2O5S/c1-18-5-10-22(11-6-18)34-17-20(3)28-26(30)16-29(24-15-21(27)9-14-25(24)33-4)35(31,32)23-12-7-19(2)8-13-23/h5-15,20H,16-17H2,1-4H3,(H,28,30). The summed E-state index contributed by atoms with van der Waals surface area (Å²) < 4.78 is 39.3. The van der Waals surface area contributed by atoms with E-state index in [1.165, 1.54) is 25.3 Å². The Labute approximate surface area is 211 Å². The number of carbonyl (C=O) groups excluding carboxylic acids is 1. The quantitative estimate of drug-likeness (QED) is 0.420. The van der Waals surface area contributed by atoms with E-state index < -0.39 is 22.5 Å². The van der Waals surface area contributed by atoms with Gasteiger partial charge in [-0.15, -0.1) is 0 Å². The zero-order chi connectivity index (χ0) is 25.6. The molecule has 3 aromatic rings. The fraction of sp³-hybridized carbons (Fsp3) is 0.269. The summed E-state index contributed by atoms with van der Waals surface area (Å²) >= 11 is 6.17. The molecule has 0 saturated carbocycles. The van der Waals surface area contributed by atoms with Crippen LogP contribution in [0.4, 0.5) is 5.69 Å². The molecule has 35 heavy (non-hydrogen) atoms. The van der Waals surface area contributed by atoms with Crippen molar-refractivity contribution in [2.75, 3.05) is 24.6 Å². The maximum atomic E-state index is 13.6. The SMILES string of the molecule is COc1ccc(Cl)cc1N(CC(=O)NC(C)COc1ccc(C)cc1)S(=O)(=O)c1ccc(C)cc1.